The van der Waals surface area contributed by atoms with Crippen LogP contribution in [0, 0.1) is 0 Å². The predicted octanol–water partition coefficient (Wildman–Crippen LogP) is 5.55. The van der Waals surface area contributed by atoms with Gasteiger partial charge in [-0.1, -0.05) is 56.5 Å². The summed E-state index contributed by atoms with van der Waals surface area (Å²) < 4.78 is 39.9. The number of carbonyl (C=O) groups excluding carboxylic acids is 2. The number of nitrogens with zero attached hydrogens (tertiary/aromatic N) is 2. The molecule has 0 aliphatic heterocycles. The number of sulfonamides is 1. The van der Waals surface area contributed by atoms with Crippen LogP contribution in [-0.4, -0.2) is 57.5 Å². The Morgan fingerprint density at radius 1 is 0.886 bits per heavy atom. The molecule has 236 valence electrons. The van der Waals surface area contributed by atoms with Crippen LogP contribution in [0.3, 0.4) is 0 Å². The van der Waals surface area contributed by atoms with Gasteiger partial charge in [-0.2, -0.15) is 0 Å². The molecule has 4 rings (SSSR count). The topological polar surface area (TPSA) is 105 Å². The summed E-state index contributed by atoms with van der Waals surface area (Å²) in [6.07, 6.45) is 5.47. The third-order valence-electron chi connectivity index (χ3n) is 7.90. The van der Waals surface area contributed by atoms with Gasteiger partial charge in [0.2, 0.25) is 11.8 Å². The first-order valence-corrected chi connectivity index (χ1v) is 16.7. The van der Waals surface area contributed by atoms with Gasteiger partial charge in [-0.25, -0.2) is 8.42 Å². The number of benzene rings is 3. The second-order valence-corrected chi connectivity index (χ2v) is 12.8. The summed E-state index contributed by atoms with van der Waals surface area (Å²) >= 11 is 0. The van der Waals surface area contributed by atoms with Gasteiger partial charge in [-0.15, -0.1) is 0 Å². The van der Waals surface area contributed by atoms with Gasteiger partial charge in [0.15, 0.2) is 0 Å². The van der Waals surface area contributed by atoms with E-state index < -0.39 is 28.5 Å². The Morgan fingerprint density at radius 3 is 2.11 bits per heavy atom. The van der Waals surface area contributed by atoms with Crippen LogP contribution in [-0.2, 0) is 26.2 Å². The molecule has 0 aromatic heterocycles. The van der Waals surface area contributed by atoms with Crippen LogP contribution in [0.15, 0.2) is 83.8 Å². The highest BCUT2D eigenvalue weighted by Crippen LogP contribution is 2.27. The van der Waals surface area contributed by atoms with Crippen molar-refractivity contribution in [3.8, 4) is 11.5 Å². The van der Waals surface area contributed by atoms with Crippen molar-refractivity contribution in [2.45, 2.75) is 75.9 Å². The number of ether oxygens (including phenoxy) is 2. The molecule has 1 N–H and O–H groups in total. The third-order valence-corrected chi connectivity index (χ3v) is 9.68. The molecule has 0 radical (unpaired) electrons. The maximum absolute atomic E-state index is 14.3. The lowest BCUT2D eigenvalue weighted by atomic mass is 9.95. The van der Waals surface area contributed by atoms with Gasteiger partial charge < -0.3 is 19.7 Å². The third kappa shape index (κ3) is 8.31. The van der Waals surface area contributed by atoms with Crippen LogP contribution >= 0.6 is 0 Å². The maximum Gasteiger partial charge on any atom is 0.264 e. The van der Waals surface area contributed by atoms with E-state index in [2.05, 4.69) is 5.32 Å². The number of anilines is 1. The summed E-state index contributed by atoms with van der Waals surface area (Å²) in [5.41, 5.74) is 1.11. The molecule has 0 bridgehead atoms. The largest absolute Gasteiger partial charge is 0.497 e. The highest BCUT2D eigenvalue weighted by molar-refractivity contribution is 7.92. The van der Waals surface area contributed by atoms with Crippen molar-refractivity contribution in [1.82, 2.24) is 10.2 Å². The van der Waals surface area contributed by atoms with Gasteiger partial charge in [0.05, 0.1) is 24.3 Å². The quantitative estimate of drug-likeness (QED) is 0.253. The van der Waals surface area contributed by atoms with Crippen LogP contribution in [0.2, 0.25) is 0 Å². The minimum absolute atomic E-state index is 0.0606. The standard InChI is InChI=1S/C34H43N3O6S/c1-4-32(34(39)35-27-12-8-6-9-13-27)36(24-26-16-20-29(42-3)21-17-26)33(38)25-37(28-18-22-30(23-19-28)43-5-2)44(40,41)31-14-10-7-11-15-31/h7,10-11,14-23,27,32H,4-6,8-9,12-13,24-25H2,1-3H3,(H,35,39). The molecule has 1 unspecified atom stereocenters. The summed E-state index contributed by atoms with van der Waals surface area (Å²) in [4.78, 5) is 29.5. The van der Waals surface area contributed by atoms with Crippen molar-refractivity contribution in [2.75, 3.05) is 24.6 Å². The summed E-state index contributed by atoms with van der Waals surface area (Å²) in [5.74, 6) is 0.551. The minimum atomic E-state index is -4.14. The van der Waals surface area contributed by atoms with E-state index in [0.29, 0.717) is 30.2 Å². The van der Waals surface area contributed by atoms with Gasteiger partial charge >= 0.3 is 0 Å². The molecule has 0 heterocycles. The summed E-state index contributed by atoms with van der Waals surface area (Å²) in [5, 5.41) is 3.17. The lowest BCUT2D eigenvalue weighted by Gasteiger charge is -2.34. The molecule has 10 heteroatoms. The second-order valence-electron chi connectivity index (χ2n) is 10.9. The van der Waals surface area contributed by atoms with Crippen molar-refractivity contribution >= 4 is 27.5 Å². The molecule has 0 saturated heterocycles. The number of carbonyl (C=O) groups is 2. The van der Waals surface area contributed by atoms with Gasteiger partial charge in [-0.05, 0) is 80.3 Å². The van der Waals surface area contributed by atoms with Crippen LogP contribution < -0.4 is 19.1 Å². The fraction of sp³-hybridized carbons (Fsp3) is 0.412. The molecule has 0 spiro atoms. The monoisotopic (exact) mass is 621 g/mol. The van der Waals surface area contributed by atoms with Crippen LogP contribution in [0.1, 0.15) is 57.9 Å². The summed E-state index contributed by atoms with van der Waals surface area (Å²) in [6, 6.07) is 21.2. The minimum Gasteiger partial charge on any atom is -0.497 e. The van der Waals surface area contributed by atoms with Gasteiger partial charge in [0.1, 0.15) is 24.1 Å². The van der Waals surface area contributed by atoms with Crippen molar-refractivity contribution in [3.05, 3.63) is 84.4 Å². The average Bonchev–Trinajstić information content (AvgIpc) is 3.05. The zero-order chi connectivity index (χ0) is 31.5. The normalized spacial score (nSPS) is 14.3. The fourth-order valence-electron chi connectivity index (χ4n) is 5.52. The Morgan fingerprint density at radius 2 is 1.52 bits per heavy atom. The SMILES string of the molecule is CCOc1ccc(N(CC(=O)N(Cc2ccc(OC)cc2)C(CC)C(=O)NC2CCCCC2)S(=O)(=O)c2ccccc2)cc1. The first-order valence-electron chi connectivity index (χ1n) is 15.3. The molecule has 1 atom stereocenters. The number of amides is 2. The molecular weight excluding hydrogens is 578 g/mol. The van der Waals surface area contributed by atoms with Crippen LogP contribution in [0.4, 0.5) is 5.69 Å². The van der Waals surface area contributed by atoms with E-state index >= 15 is 0 Å². The molecule has 1 fully saturated rings. The Labute approximate surface area is 261 Å². The first-order chi connectivity index (χ1) is 21.3. The Kier molecular flexibility index (Phi) is 11.7. The first kappa shape index (κ1) is 32.9. The van der Waals surface area contributed by atoms with Gasteiger partial charge in [0.25, 0.3) is 10.0 Å². The number of rotatable bonds is 14. The van der Waals surface area contributed by atoms with E-state index in [1.165, 1.54) is 17.0 Å². The smallest absolute Gasteiger partial charge is 0.264 e. The van der Waals surface area contributed by atoms with E-state index in [1.807, 2.05) is 26.0 Å². The molecule has 44 heavy (non-hydrogen) atoms. The highest BCUT2D eigenvalue weighted by Gasteiger charge is 2.34. The van der Waals surface area contributed by atoms with Gasteiger partial charge in [-0.3, -0.25) is 13.9 Å². The van der Waals surface area contributed by atoms with E-state index in [-0.39, 0.29) is 23.4 Å². The number of methoxy groups -OCH3 is 1. The number of nitrogens with one attached hydrogen (secondary N) is 1. The van der Waals surface area contributed by atoms with Crippen molar-refractivity contribution < 1.29 is 27.5 Å². The predicted molar refractivity (Wildman–Crippen MR) is 171 cm³/mol. The van der Waals surface area contributed by atoms with E-state index in [1.54, 1.807) is 61.7 Å². The molecule has 3 aromatic rings. The Balaban J connectivity index is 1.69. The molecule has 2 amide bonds. The molecule has 1 saturated carbocycles. The summed E-state index contributed by atoms with van der Waals surface area (Å²) in [6.45, 7) is 3.83. The zero-order valence-corrected chi connectivity index (χ0v) is 26.6. The van der Waals surface area contributed by atoms with Crippen LogP contribution in [0.5, 0.6) is 11.5 Å². The molecule has 3 aromatic carbocycles. The van der Waals surface area contributed by atoms with Gasteiger partial charge in [0, 0.05) is 12.6 Å². The second kappa shape index (κ2) is 15.6. The average molecular weight is 622 g/mol. The lowest BCUT2D eigenvalue weighted by Crippen LogP contribution is -2.54. The van der Waals surface area contributed by atoms with Crippen LogP contribution in [0.25, 0.3) is 0 Å². The maximum atomic E-state index is 14.3. The van der Waals surface area contributed by atoms with E-state index in [0.717, 1.165) is 42.0 Å². The zero-order valence-electron chi connectivity index (χ0n) is 25.8. The molecule has 1 aliphatic rings. The Hall–Kier alpha value is -4.05. The Bertz CT molecular complexity index is 1460. The van der Waals surface area contributed by atoms with E-state index in [4.69, 9.17) is 9.47 Å². The van der Waals surface area contributed by atoms with Crippen molar-refractivity contribution in [2.24, 2.45) is 0 Å². The fourth-order valence-corrected chi connectivity index (χ4v) is 6.95. The summed E-state index contributed by atoms with van der Waals surface area (Å²) in [7, 11) is -2.56. The molecule has 1 aliphatic carbocycles. The number of hydrogen-bond donors (Lipinski definition) is 1. The van der Waals surface area contributed by atoms with E-state index in [9.17, 15) is 18.0 Å². The number of hydrogen-bond acceptors (Lipinski definition) is 6. The van der Waals surface area contributed by atoms with Crippen molar-refractivity contribution in [1.29, 1.82) is 0 Å². The lowest BCUT2D eigenvalue weighted by molar-refractivity contribution is -0.140. The molecular formula is C34H43N3O6S. The molecule has 9 nitrogen and oxygen atoms in total. The highest BCUT2D eigenvalue weighted by atomic mass is 32.2. The van der Waals surface area contributed by atoms with Crippen molar-refractivity contribution in [3.63, 3.8) is 0 Å².